The molecule has 0 radical (unpaired) electrons. The summed E-state index contributed by atoms with van der Waals surface area (Å²) in [6.07, 6.45) is 0.387. The summed E-state index contributed by atoms with van der Waals surface area (Å²) >= 11 is 1.51. The zero-order valence-electron chi connectivity index (χ0n) is 9.79. The summed E-state index contributed by atoms with van der Waals surface area (Å²) in [7, 11) is -3.16. The van der Waals surface area contributed by atoms with Gasteiger partial charge in [-0.15, -0.1) is 21.5 Å². The summed E-state index contributed by atoms with van der Waals surface area (Å²) in [6, 6.07) is 3.79. The van der Waals surface area contributed by atoms with Gasteiger partial charge in [0.15, 0.2) is 0 Å². The fraction of sp³-hybridized carbons (Fsp3) is 0.400. The largest absolute Gasteiger partial charge is 0.420 e. The molecule has 0 aliphatic heterocycles. The Morgan fingerprint density at radius 3 is 2.94 bits per heavy atom. The summed E-state index contributed by atoms with van der Waals surface area (Å²) < 4.78 is 30.3. The van der Waals surface area contributed by atoms with Gasteiger partial charge in [-0.25, -0.2) is 13.1 Å². The minimum Gasteiger partial charge on any atom is -0.420 e. The van der Waals surface area contributed by atoms with E-state index in [2.05, 4.69) is 14.9 Å². The smallest absolute Gasteiger partial charge is 0.257 e. The first-order valence-corrected chi connectivity index (χ1v) is 7.97. The highest BCUT2D eigenvalue weighted by Crippen LogP contribution is 2.22. The number of aromatic nitrogens is 2. The van der Waals surface area contributed by atoms with Gasteiger partial charge in [-0.3, -0.25) is 0 Å². The van der Waals surface area contributed by atoms with Crippen molar-refractivity contribution in [3.05, 3.63) is 23.4 Å². The topological polar surface area (TPSA) is 85.1 Å². The third-order valence-electron chi connectivity index (χ3n) is 2.24. The van der Waals surface area contributed by atoms with Crippen LogP contribution in [0.5, 0.6) is 0 Å². The predicted molar refractivity (Wildman–Crippen MR) is 68.8 cm³/mol. The molecule has 0 saturated carbocycles. The number of sulfonamides is 1. The molecule has 2 rings (SSSR count). The minimum atomic E-state index is -3.16. The lowest BCUT2D eigenvalue weighted by Crippen LogP contribution is -2.27. The van der Waals surface area contributed by atoms with Crippen LogP contribution in [0.3, 0.4) is 0 Å². The molecule has 1 N–H and O–H groups in total. The highest BCUT2D eigenvalue weighted by molar-refractivity contribution is 7.89. The Labute approximate surface area is 109 Å². The van der Waals surface area contributed by atoms with Crippen LogP contribution in [0.1, 0.15) is 12.8 Å². The number of rotatable bonds is 6. The van der Waals surface area contributed by atoms with Gasteiger partial charge in [0.1, 0.15) is 0 Å². The highest BCUT2D eigenvalue weighted by atomic mass is 32.2. The first kappa shape index (κ1) is 13.2. The summed E-state index contributed by atoms with van der Waals surface area (Å²) in [5.41, 5.74) is 0. The van der Waals surface area contributed by atoms with Gasteiger partial charge >= 0.3 is 0 Å². The molecule has 0 bridgehead atoms. The van der Waals surface area contributed by atoms with Gasteiger partial charge in [-0.1, -0.05) is 6.07 Å². The van der Waals surface area contributed by atoms with Crippen LogP contribution in [-0.2, 0) is 16.4 Å². The van der Waals surface area contributed by atoms with E-state index >= 15 is 0 Å². The van der Waals surface area contributed by atoms with E-state index in [1.54, 1.807) is 6.92 Å². The summed E-state index contributed by atoms with van der Waals surface area (Å²) in [5, 5.41) is 9.71. The second-order valence-electron chi connectivity index (χ2n) is 3.53. The zero-order valence-corrected chi connectivity index (χ0v) is 11.4. The van der Waals surface area contributed by atoms with Crippen LogP contribution < -0.4 is 4.72 Å². The Bertz CT molecular complexity index is 590. The van der Waals surface area contributed by atoms with Crippen molar-refractivity contribution < 1.29 is 12.8 Å². The molecule has 0 aliphatic rings. The molecule has 0 aromatic carbocycles. The van der Waals surface area contributed by atoms with Crippen LogP contribution >= 0.6 is 11.3 Å². The third-order valence-corrected chi connectivity index (χ3v) is 4.50. The van der Waals surface area contributed by atoms with Gasteiger partial charge in [0.25, 0.3) is 5.89 Å². The molecule has 0 atom stereocenters. The Kier molecular flexibility index (Phi) is 4.10. The molecule has 98 valence electrons. The molecule has 2 aromatic heterocycles. The lowest BCUT2D eigenvalue weighted by atomic mass is 10.4. The molecule has 0 amide bonds. The molecule has 0 aliphatic carbocycles. The molecule has 2 heterocycles. The quantitative estimate of drug-likeness (QED) is 0.865. The molecule has 6 nitrogen and oxygen atoms in total. The fourth-order valence-electron chi connectivity index (χ4n) is 1.27. The van der Waals surface area contributed by atoms with Crippen LogP contribution in [0, 0.1) is 0 Å². The van der Waals surface area contributed by atoms with Crippen molar-refractivity contribution in [1.29, 1.82) is 0 Å². The van der Waals surface area contributed by atoms with E-state index in [-0.39, 0.29) is 12.3 Å². The van der Waals surface area contributed by atoms with Crippen LogP contribution in [0.4, 0.5) is 0 Å². The monoisotopic (exact) mass is 287 g/mol. The van der Waals surface area contributed by atoms with Crippen molar-refractivity contribution in [3.63, 3.8) is 0 Å². The second kappa shape index (κ2) is 5.59. The van der Waals surface area contributed by atoms with Gasteiger partial charge in [-0.05, 0) is 18.4 Å². The zero-order chi connectivity index (χ0) is 13.0. The molecule has 8 heteroatoms. The van der Waals surface area contributed by atoms with E-state index in [1.807, 2.05) is 17.5 Å². The number of thiophene rings is 1. The molecule has 0 unspecified atom stereocenters. The van der Waals surface area contributed by atoms with E-state index in [1.165, 1.54) is 11.3 Å². The average molecular weight is 287 g/mol. The van der Waals surface area contributed by atoms with Crippen LogP contribution in [0.15, 0.2) is 21.9 Å². The van der Waals surface area contributed by atoms with Crippen molar-refractivity contribution in [2.45, 2.75) is 13.3 Å². The number of hydrogen-bond acceptors (Lipinski definition) is 6. The summed E-state index contributed by atoms with van der Waals surface area (Å²) in [5.74, 6) is 0.965. The standard InChI is InChI=1S/C10H13N3O3S2/c1-2-18(14,15)11-6-5-9-12-13-10(16-9)8-4-3-7-17-8/h3-4,7,11H,2,5-6H2,1H3. The Balaban J connectivity index is 1.92. The van der Waals surface area contributed by atoms with Crippen LogP contribution in [0.2, 0.25) is 0 Å². The molecular formula is C10H13N3O3S2. The van der Waals surface area contributed by atoms with Crippen LogP contribution in [0.25, 0.3) is 10.8 Å². The maximum absolute atomic E-state index is 11.2. The first-order valence-electron chi connectivity index (χ1n) is 5.44. The van der Waals surface area contributed by atoms with E-state index in [9.17, 15) is 8.42 Å². The van der Waals surface area contributed by atoms with E-state index in [4.69, 9.17) is 4.42 Å². The minimum absolute atomic E-state index is 0.0667. The summed E-state index contributed by atoms with van der Waals surface area (Å²) in [6.45, 7) is 1.85. The molecule has 18 heavy (non-hydrogen) atoms. The van der Waals surface area contributed by atoms with Crippen molar-refractivity contribution in [3.8, 4) is 10.8 Å². The van der Waals surface area contributed by atoms with Crippen molar-refractivity contribution in [1.82, 2.24) is 14.9 Å². The van der Waals surface area contributed by atoms with Crippen molar-refractivity contribution >= 4 is 21.4 Å². The SMILES string of the molecule is CCS(=O)(=O)NCCc1nnc(-c2cccs2)o1. The normalized spacial score (nSPS) is 11.8. The Morgan fingerprint density at radius 2 is 2.28 bits per heavy atom. The van der Waals surface area contributed by atoms with Crippen molar-refractivity contribution in [2.24, 2.45) is 0 Å². The number of hydrogen-bond donors (Lipinski definition) is 1. The van der Waals surface area contributed by atoms with Crippen molar-refractivity contribution in [2.75, 3.05) is 12.3 Å². The molecule has 0 fully saturated rings. The van der Waals surface area contributed by atoms with Gasteiger partial charge in [-0.2, -0.15) is 0 Å². The van der Waals surface area contributed by atoms with Gasteiger partial charge in [0, 0.05) is 13.0 Å². The molecular weight excluding hydrogens is 274 g/mol. The van der Waals surface area contributed by atoms with Crippen LogP contribution in [-0.4, -0.2) is 30.9 Å². The Hall–Kier alpha value is -1.25. The number of nitrogens with one attached hydrogen (secondary N) is 1. The maximum atomic E-state index is 11.2. The predicted octanol–water partition coefficient (Wildman–Crippen LogP) is 1.28. The van der Waals surface area contributed by atoms with E-state index in [0.29, 0.717) is 18.2 Å². The second-order valence-corrected chi connectivity index (χ2v) is 6.57. The van der Waals surface area contributed by atoms with Gasteiger partial charge < -0.3 is 4.42 Å². The summed E-state index contributed by atoms with van der Waals surface area (Å²) in [4.78, 5) is 0.905. The molecule has 2 aromatic rings. The lowest BCUT2D eigenvalue weighted by Gasteiger charge is -2.00. The molecule has 0 spiro atoms. The fourth-order valence-corrected chi connectivity index (χ4v) is 2.53. The van der Waals surface area contributed by atoms with Gasteiger partial charge in [0.05, 0.1) is 10.6 Å². The average Bonchev–Trinajstić information content (AvgIpc) is 2.98. The Morgan fingerprint density at radius 1 is 1.44 bits per heavy atom. The molecule has 0 saturated heterocycles. The maximum Gasteiger partial charge on any atom is 0.257 e. The highest BCUT2D eigenvalue weighted by Gasteiger charge is 2.10. The van der Waals surface area contributed by atoms with E-state index in [0.717, 1.165) is 4.88 Å². The lowest BCUT2D eigenvalue weighted by molar-refractivity contribution is 0.503. The first-order chi connectivity index (χ1) is 8.61. The van der Waals surface area contributed by atoms with Gasteiger partial charge in [0.2, 0.25) is 15.9 Å². The van der Waals surface area contributed by atoms with E-state index < -0.39 is 10.0 Å². The third kappa shape index (κ3) is 3.37. The number of nitrogens with zero attached hydrogens (tertiary/aromatic N) is 2.